The molecule has 0 N–H and O–H groups in total. The van der Waals surface area contributed by atoms with Crippen molar-refractivity contribution in [3.8, 4) is 11.3 Å². The molecule has 1 atom stereocenters. The Morgan fingerprint density at radius 3 is 1.97 bits per heavy atom. The number of aromatic nitrogens is 2. The molecule has 1 heterocycles. The monoisotopic (exact) mass is 510 g/mol. The van der Waals surface area contributed by atoms with Crippen molar-refractivity contribution in [1.29, 1.82) is 0 Å². The van der Waals surface area contributed by atoms with Gasteiger partial charge in [-0.2, -0.15) is 0 Å². The van der Waals surface area contributed by atoms with Gasteiger partial charge in [0.15, 0.2) is 12.1 Å². The topological polar surface area (TPSA) is 44.1 Å². The van der Waals surface area contributed by atoms with Crippen molar-refractivity contribution in [2.75, 3.05) is 6.61 Å². The second kappa shape index (κ2) is 11.4. The first-order chi connectivity index (χ1) is 17.7. The van der Waals surface area contributed by atoms with E-state index in [1.54, 1.807) is 4.57 Å². The van der Waals surface area contributed by atoms with E-state index in [4.69, 9.17) is 4.43 Å². The van der Waals surface area contributed by atoms with Gasteiger partial charge in [0.1, 0.15) is 0 Å². The van der Waals surface area contributed by atoms with Gasteiger partial charge in [-0.05, 0) is 39.7 Å². The summed E-state index contributed by atoms with van der Waals surface area (Å²) < 4.78 is 8.83. The highest BCUT2D eigenvalue weighted by atomic mass is 28.4. The summed E-state index contributed by atoms with van der Waals surface area (Å²) in [4.78, 5) is 15.5. The fourth-order valence-corrected chi connectivity index (χ4v) is 9.80. The van der Waals surface area contributed by atoms with Crippen molar-refractivity contribution in [3.05, 3.63) is 103 Å². The van der Waals surface area contributed by atoms with Crippen molar-refractivity contribution in [2.24, 2.45) is 13.0 Å². The molecule has 0 radical (unpaired) electrons. The first kappa shape index (κ1) is 26.8. The molecule has 3 aromatic carbocycles. The highest BCUT2D eigenvalue weighted by Gasteiger charge is 2.50. The first-order valence-electron chi connectivity index (χ1n) is 13.1. The molecule has 0 amide bonds. The van der Waals surface area contributed by atoms with Crippen molar-refractivity contribution >= 4 is 25.0 Å². The number of hydrogen-bond acceptors (Lipinski definition) is 3. The van der Waals surface area contributed by atoms with Crippen molar-refractivity contribution in [1.82, 2.24) is 9.55 Å². The van der Waals surface area contributed by atoms with Gasteiger partial charge in [0.05, 0.1) is 5.69 Å². The van der Waals surface area contributed by atoms with Gasteiger partial charge in [0, 0.05) is 25.4 Å². The summed E-state index contributed by atoms with van der Waals surface area (Å²) in [7, 11) is -0.654. The number of carbonyl (C=O) groups is 1. The molecule has 0 aliphatic carbocycles. The molecule has 1 aromatic heterocycles. The number of benzene rings is 3. The Morgan fingerprint density at radius 1 is 0.919 bits per heavy atom. The van der Waals surface area contributed by atoms with Crippen molar-refractivity contribution in [2.45, 2.75) is 45.6 Å². The van der Waals surface area contributed by atoms with E-state index in [-0.39, 0.29) is 5.04 Å². The Labute approximate surface area is 222 Å². The number of imidazole rings is 1. The van der Waals surface area contributed by atoms with Crippen LogP contribution in [0.25, 0.3) is 11.3 Å². The predicted molar refractivity (Wildman–Crippen MR) is 155 cm³/mol. The summed E-state index contributed by atoms with van der Waals surface area (Å²) in [5, 5.41) is 2.64. The van der Waals surface area contributed by atoms with Crippen LogP contribution in [-0.2, 0) is 17.9 Å². The van der Waals surface area contributed by atoms with E-state index < -0.39 is 8.32 Å². The lowest BCUT2D eigenvalue weighted by Crippen LogP contribution is -2.66. The Hall–Kier alpha value is -3.28. The highest BCUT2D eigenvalue weighted by molar-refractivity contribution is 6.99. The van der Waals surface area contributed by atoms with Gasteiger partial charge in [-0.3, -0.25) is 4.79 Å². The molecule has 4 aromatic rings. The van der Waals surface area contributed by atoms with Crippen LogP contribution in [-0.4, -0.2) is 30.8 Å². The van der Waals surface area contributed by atoms with Gasteiger partial charge in [-0.15, -0.1) is 0 Å². The van der Waals surface area contributed by atoms with E-state index in [1.807, 2.05) is 13.2 Å². The lowest BCUT2D eigenvalue weighted by atomic mass is 9.97. The SMILES string of the molecule is C[C@H](CCO[Si](c1ccccc1)(c1ccccc1)C(C)(C)C)Cc1ccc(-c2cn(C)c(C=O)n2)cc1. The number of rotatable bonds is 10. The molecule has 4 rings (SSSR count). The van der Waals surface area contributed by atoms with Gasteiger partial charge in [-0.1, -0.05) is 113 Å². The fourth-order valence-electron chi connectivity index (χ4n) is 5.22. The fraction of sp³-hybridized carbons (Fsp3) is 0.312. The number of aldehydes is 1. The number of carbonyl (C=O) groups excluding carboxylic acids is 1. The van der Waals surface area contributed by atoms with Crippen LogP contribution in [0.4, 0.5) is 0 Å². The number of nitrogens with zero attached hydrogens (tertiary/aromatic N) is 2. The van der Waals surface area contributed by atoms with E-state index in [2.05, 4.69) is 118 Å². The molecule has 0 bridgehead atoms. The molecule has 0 aliphatic heterocycles. The normalized spacial score (nSPS) is 12.9. The smallest absolute Gasteiger partial charge is 0.261 e. The molecule has 0 saturated heterocycles. The van der Waals surface area contributed by atoms with E-state index >= 15 is 0 Å². The minimum atomic E-state index is -2.49. The van der Waals surface area contributed by atoms with Crippen LogP contribution in [0.5, 0.6) is 0 Å². The van der Waals surface area contributed by atoms with Gasteiger partial charge < -0.3 is 8.99 Å². The summed E-state index contributed by atoms with van der Waals surface area (Å²) in [5.41, 5.74) is 3.14. The summed E-state index contributed by atoms with van der Waals surface area (Å²) in [6.07, 6.45) is 4.67. The maximum Gasteiger partial charge on any atom is 0.261 e. The standard InChI is InChI=1S/C32H38N2O2Si/c1-25(22-26-16-18-27(19-17-26)30-23-34(5)31(24-35)33-30)20-21-36-37(32(2,3)4,28-12-8-6-9-13-28)29-14-10-7-11-15-29/h6-19,23-25H,20-22H2,1-5H3/t25-/m1/s1. The Bertz CT molecular complexity index is 1250. The maximum atomic E-state index is 11.1. The molecule has 0 saturated carbocycles. The molecular weight excluding hydrogens is 472 g/mol. The zero-order chi connectivity index (χ0) is 26.5. The summed E-state index contributed by atoms with van der Waals surface area (Å²) in [5.74, 6) is 0.925. The minimum absolute atomic E-state index is 0.00996. The summed E-state index contributed by atoms with van der Waals surface area (Å²) in [6.45, 7) is 10.0. The average molecular weight is 511 g/mol. The molecule has 5 heteroatoms. The molecule has 37 heavy (non-hydrogen) atoms. The molecule has 0 fully saturated rings. The Kier molecular flexibility index (Phi) is 8.25. The summed E-state index contributed by atoms with van der Waals surface area (Å²) >= 11 is 0. The first-order valence-corrected chi connectivity index (χ1v) is 15.0. The van der Waals surface area contributed by atoms with Crippen molar-refractivity contribution < 1.29 is 9.22 Å². The molecule has 0 aliphatic rings. The van der Waals surface area contributed by atoms with E-state index in [1.165, 1.54) is 15.9 Å². The minimum Gasteiger partial charge on any atom is -0.407 e. The quantitative estimate of drug-likeness (QED) is 0.193. The third-order valence-electron chi connectivity index (χ3n) is 7.20. The van der Waals surface area contributed by atoms with Gasteiger partial charge in [0.25, 0.3) is 8.32 Å². The summed E-state index contributed by atoms with van der Waals surface area (Å²) in [6, 6.07) is 30.2. The molecule has 0 spiro atoms. The zero-order valence-electron chi connectivity index (χ0n) is 22.6. The van der Waals surface area contributed by atoms with Crippen LogP contribution in [0.2, 0.25) is 5.04 Å². The molecule has 192 valence electrons. The number of hydrogen-bond donors (Lipinski definition) is 0. The van der Waals surface area contributed by atoms with E-state index in [0.717, 1.165) is 37.0 Å². The maximum absolute atomic E-state index is 11.1. The van der Waals surface area contributed by atoms with E-state index in [0.29, 0.717) is 11.7 Å². The second-order valence-corrected chi connectivity index (χ2v) is 15.3. The highest BCUT2D eigenvalue weighted by Crippen LogP contribution is 2.37. The number of aryl methyl sites for hydroxylation is 1. The third kappa shape index (κ3) is 5.84. The largest absolute Gasteiger partial charge is 0.407 e. The molecule has 0 unspecified atom stereocenters. The third-order valence-corrected chi connectivity index (χ3v) is 12.2. The lowest BCUT2D eigenvalue weighted by molar-refractivity contribution is 0.111. The van der Waals surface area contributed by atoms with Crippen LogP contribution in [0.3, 0.4) is 0 Å². The molecular formula is C32H38N2O2Si. The lowest BCUT2D eigenvalue weighted by Gasteiger charge is -2.43. The zero-order valence-corrected chi connectivity index (χ0v) is 23.6. The van der Waals surface area contributed by atoms with Gasteiger partial charge >= 0.3 is 0 Å². The van der Waals surface area contributed by atoms with Crippen LogP contribution < -0.4 is 10.4 Å². The van der Waals surface area contributed by atoms with Gasteiger partial charge in [-0.25, -0.2) is 4.98 Å². The van der Waals surface area contributed by atoms with E-state index in [9.17, 15) is 4.79 Å². The van der Waals surface area contributed by atoms with Crippen LogP contribution in [0, 0.1) is 5.92 Å². The Morgan fingerprint density at radius 2 is 1.49 bits per heavy atom. The Balaban J connectivity index is 1.46. The average Bonchev–Trinajstić information content (AvgIpc) is 3.28. The van der Waals surface area contributed by atoms with Gasteiger partial charge in [0.2, 0.25) is 0 Å². The van der Waals surface area contributed by atoms with Crippen LogP contribution in [0.1, 0.15) is 50.3 Å². The van der Waals surface area contributed by atoms with Crippen molar-refractivity contribution in [3.63, 3.8) is 0 Å². The predicted octanol–water partition coefficient (Wildman–Crippen LogP) is 6.04. The second-order valence-electron chi connectivity index (χ2n) is 11.0. The van der Waals surface area contributed by atoms with Crippen LogP contribution in [0.15, 0.2) is 91.1 Å². The van der Waals surface area contributed by atoms with Crippen LogP contribution >= 0.6 is 0 Å². The molecule has 4 nitrogen and oxygen atoms in total.